The number of sulfonamides is 1. The Morgan fingerprint density at radius 3 is 1.66 bits per heavy atom. The summed E-state index contributed by atoms with van der Waals surface area (Å²) >= 11 is 0. The predicted octanol–water partition coefficient (Wildman–Crippen LogP) is 6.88. The molecule has 2 amide bonds. The van der Waals surface area contributed by atoms with Crippen LogP contribution in [0.1, 0.15) is 137 Å². The number of alkyl carbamates (subject to hydrolysis) is 2. The lowest BCUT2D eigenvalue weighted by molar-refractivity contribution is -0.870. The van der Waals surface area contributed by atoms with Crippen LogP contribution in [0.2, 0.25) is 0 Å². The second-order valence-electron chi connectivity index (χ2n) is 14.2. The molecule has 44 heavy (non-hydrogen) atoms. The molecular formula is C33H69N4O6S+. The first kappa shape index (κ1) is 42.4. The molecule has 0 aromatic heterocycles. The van der Waals surface area contributed by atoms with Gasteiger partial charge in [0.15, 0.2) is 0 Å². The van der Waals surface area contributed by atoms with Crippen LogP contribution in [0.25, 0.3) is 0 Å². The third kappa shape index (κ3) is 30.4. The maximum atomic E-state index is 12.5. The first-order chi connectivity index (χ1) is 20.6. The lowest BCUT2D eigenvalue weighted by Gasteiger charge is -2.24. The number of amides is 2. The highest BCUT2D eigenvalue weighted by atomic mass is 32.2. The fourth-order valence-corrected chi connectivity index (χ4v) is 5.85. The van der Waals surface area contributed by atoms with Gasteiger partial charge in [-0.15, -0.1) is 0 Å². The highest BCUT2D eigenvalue weighted by Crippen LogP contribution is 2.13. The van der Waals surface area contributed by atoms with Crippen molar-refractivity contribution in [3.05, 3.63) is 0 Å². The van der Waals surface area contributed by atoms with Crippen molar-refractivity contribution in [2.75, 3.05) is 53.1 Å². The van der Waals surface area contributed by atoms with Gasteiger partial charge in [-0.2, -0.15) is 0 Å². The summed E-state index contributed by atoms with van der Waals surface area (Å²) in [5, 5.41) is 5.36. The maximum Gasteiger partial charge on any atom is 0.408 e. The summed E-state index contributed by atoms with van der Waals surface area (Å²) in [4.78, 5) is 24.5. The molecule has 0 saturated carbocycles. The molecule has 1 unspecified atom stereocenters. The van der Waals surface area contributed by atoms with E-state index in [2.05, 4.69) is 22.3 Å². The summed E-state index contributed by atoms with van der Waals surface area (Å²) in [6, 6.07) is -0.778. The number of rotatable bonds is 27. The van der Waals surface area contributed by atoms with Crippen LogP contribution in [0.15, 0.2) is 0 Å². The van der Waals surface area contributed by atoms with Crippen molar-refractivity contribution in [3.8, 4) is 0 Å². The van der Waals surface area contributed by atoms with Crippen LogP contribution in [-0.4, -0.2) is 89.9 Å². The molecule has 0 aromatic carbocycles. The topological polar surface area (TPSA) is 123 Å². The lowest BCUT2D eigenvalue weighted by Crippen LogP contribution is -2.49. The molecule has 0 aliphatic rings. The Morgan fingerprint density at radius 2 is 1.20 bits per heavy atom. The zero-order chi connectivity index (χ0) is 33.3. The van der Waals surface area contributed by atoms with Gasteiger partial charge in [0.2, 0.25) is 10.0 Å². The molecule has 3 N–H and O–H groups in total. The van der Waals surface area contributed by atoms with E-state index < -0.39 is 33.9 Å². The summed E-state index contributed by atoms with van der Waals surface area (Å²) < 4.78 is 38.7. The van der Waals surface area contributed by atoms with Gasteiger partial charge < -0.3 is 24.6 Å². The number of nitrogens with one attached hydrogen (secondary N) is 3. The number of nitrogens with zero attached hydrogens (tertiary/aromatic N) is 1. The van der Waals surface area contributed by atoms with Crippen LogP contribution in [0.4, 0.5) is 9.59 Å². The van der Waals surface area contributed by atoms with Crippen LogP contribution in [-0.2, 0) is 19.5 Å². The largest absolute Gasteiger partial charge is 0.447 e. The normalized spacial score (nSPS) is 13.0. The summed E-state index contributed by atoms with van der Waals surface area (Å²) in [6.45, 7) is 8.40. The molecule has 0 saturated heterocycles. The van der Waals surface area contributed by atoms with E-state index in [4.69, 9.17) is 9.47 Å². The minimum Gasteiger partial charge on any atom is -0.447 e. The number of carbonyl (C=O) groups is 2. The van der Waals surface area contributed by atoms with Crippen LogP contribution in [0.5, 0.6) is 0 Å². The highest BCUT2D eigenvalue weighted by molar-refractivity contribution is 7.89. The number of hydrogen-bond donors (Lipinski definition) is 3. The van der Waals surface area contributed by atoms with E-state index in [1.165, 1.54) is 83.5 Å². The van der Waals surface area contributed by atoms with Crippen molar-refractivity contribution in [2.45, 2.75) is 148 Å². The van der Waals surface area contributed by atoms with E-state index in [1.54, 1.807) is 20.8 Å². The van der Waals surface area contributed by atoms with Crippen molar-refractivity contribution < 1.29 is 32.0 Å². The number of ether oxygens (including phenoxy) is 2. The van der Waals surface area contributed by atoms with E-state index in [1.807, 2.05) is 21.1 Å². The summed E-state index contributed by atoms with van der Waals surface area (Å²) in [5.74, 6) is -0.0255. The molecule has 0 spiro atoms. The van der Waals surface area contributed by atoms with Gasteiger partial charge in [-0.1, -0.05) is 103 Å². The molecule has 0 fully saturated rings. The van der Waals surface area contributed by atoms with Crippen LogP contribution >= 0.6 is 0 Å². The van der Waals surface area contributed by atoms with Gasteiger partial charge in [0.1, 0.15) is 12.2 Å². The Labute approximate surface area is 270 Å². The van der Waals surface area contributed by atoms with Gasteiger partial charge in [-0.05, 0) is 27.2 Å². The number of quaternary nitrogens is 1. The zero-order valence-electron chi connectivity index (χ0n) is 29.4. The third-order valence-electron chi connectivity index (χ3n) is 7.23. The molecule has 11 heteroatoms. The van der Waals surface area contributed by atoms with Crippen molar-refractivity contribution in [1.29, 1.82) is 0 Å². The molecule has 0 rings (SSSR count). The Morgan fingerprint density at radius 1 is 0.727 bits per heavy atom. The van der Waals surface area contributed by atoms with E-state index >= 15 is 0 Å². The molecule has 1 atom stereocenters. The van der Waals surface area contributed by atoms with Gasteiger partial charge in [0.25, 0.3) is 0 Å². The minimum absolute atomic E-state index is 0.0255. The smallest absolute Gasteiger partial charge is 0.408 e. The van der Waals surface area contributed by atoms with Gasteiger partial charge >= 0.3 is 12.2 Å². The van der Waals surface area contributed by atoms with Crippen LogP contribution in [0.3, 0.4) is 0 Å². The molecule has 0 aliphatic carbocycles. The van der Waals surface area contributed by atoms with Crippen molar-refractivity contribution in [3.63, 3.8) is 0 Å². The predicted molar refractivity (Wildman–Crippen MR) is 181 cm³/mol. The number of carbonyl (C=O) groups excluding carboxylic acids is 2. The highest BCUT2D eigenvalue weighted by Gasteiger charge is 2.23. The van der Waals surface area contributed by atoms with Gasteiger partial charge in [-0.25, -0.2) is 22.7 Å². The second kappa shape index (κ2) is 24.6. The fourth-order valence-electron chi connectivity index (χ4n) is 4.75. The Kier molecular flexibility index (Phi) is 23.7. The molecule has 0 aromatic rings. The summed E-state index contributed by atoms with van der Waals surface area (Å²) in [7, 11) is 2.45. The second-order valence-corrected chi connectivity index (χ2v) is 16.1. The molecule has 0 radical (unpaired) electrons. The van der Waals surface area contributed by atoms with Crippen molar-refractivity contribution in [2.24, 2.45) is 0 Å². The molecule has 0 heterocycles. The number of unbranched alkanes of at least 4 members (excludes halogenated alkanes) is 15. The first-order valence-electron chi connectivity index (χ1n) is 17.3. The summed E-state index contributed by atoms with van der Waals surface area (Å²) in [5.41, 5.74) is -0.718. The van der Waals surface area contributed by atoms with E-state index in [0.717, 1.165) is 19.3 Å². The van der Waals surface area contributed by atoms with E-state index in [0.29, 0.717) is 24.0 Å². The average Bonchev–Trinajstić information content (AvgIpc) is 2.90. The Bertz CT molecular complexity index is 840. The summed E-state index contributed by atoms with van der Waals surface area (Å²) in [6.07, 6.45) is 19.9. The molecule has 0 aliphatic heterocycles. The molecule has 262 valence electrons. The molecule has 10 nitrogen and oxygen atoms in total. The van der Waals surface area contributed by atoms with Crippen molar-refractivity contribution in [1.82, 2.24) is 15.4 Å². The Hall–Kier alpha value is -1.59. The van der Waals surface area contributed by atoms with Gasteiger partial charge in [-0.3, -0.25) is 0 Å². The third-order valence-corrected chi connectivity index (χ3v) is 8.66. The van der Waals surface area contributed by atoms with E-state index in [9.17, 15) is 18.0 Å². The van der Waals surface area contributed by atoms with Gasteiger partial charge in [0.05, 0.1) is 39.5 Å². The Balaban J connectivity index is 4.15. The SMILES string of the molecule is CCCCCCCCCCCCCCCCCCNC(=O)OCC(CNS(=O)(=O)CCC[N+](C)(C)C)NC(=O)OC(C)(C)C. The molecule has 0 bridgehead atoms. The van der Waals surface area contributed by atoms with E-state index in [-0.39, 0.29) is 18.9 Å². The molecular weight excluding hydrogens is 580 g/mol. The quantitative estimate of drug-likeness (QED) is 0.0659. The minimum atomic E-state index is -3.56. The van der Waals surface area contributed by atoms with Crippen molar-refractivity contribution >= 4 is 22.2 Å². The maximum absolute atomic E-state index is 12.5. The first-order valence-corrected chi connectivity index (χ1v) is 19.0. The lowest BCUT2D eigenvalue weighted by atomic mass is 10.0. The average molecular weight is 650 g/mol. The van der Waals surface area contributed by atoms with Crippen LogP contribution in [0, 0.1) is 0 Å². The standard InChI is InChI=1S/C33H68N4O6S/c1-8-9-10-11-12-13-14-15-16-17-18-19-20-21-22-23-25-34-31(38)42-29-30(36-32(39)43-33(2,3)4)28-35-44(40,41)27-24-26-37(5,6)7/h30,35H,8-29H2,1-7H3,(H-,34,36,38,39)/p+1. The zero-order valence-corrected chi connectivity index (χ0v) is 30.3. The van der Waals surface area contributed by atoms with Gasteiger partial charge in [0, 0.05) is 19.5 Å². The number of hydrogen-bond acceptors (Lipinski definition) is 6. The fraction of sp³-hybridized carbons (Fsp3) is 0.939. The monoisotopic (exact) mass is 649 g/mol. The van der Waals surface area contributed by atoms with Crippen LogP contribution < -0.4 is 15.4 Å².